The molecule has 0 radical (unpaired) electrons. The van der Waals surface area contributed by atoms with Crippen LogP contribution in [0.1, 0.15) is 137 Å². The molecule has 1 unspecified atom stereocenters. The highest BCUT2D eigenvalue weighted by molar-refractivity contribution is 5.39. The molecule has 0 heterocycles. The molecule has 0 amide bonds. The Kier molecular flexibility index (Phi) is 10.9. The number of alkyl halides is 3. The molecule has 0 saturated heterocycles. The van der Waals surface area contributed by atoms with E-state index in [4.69, 9.17) is 0 Å². The summed E-state index contributed by atoms with van der Waals surface area (Å²) in [5, 5.41) is 0. The summed E-state index contributed by atoms with van der Waals surface area (Å²) >= 11 is 0. The topological polar surface area (TPSA) is 9.23 Å². The zero-order valence-electron chi connectivity index (χ0n) is 25.7. The number of hydrogen-bond acceptors (Lipinski definition) is 1. The largest absolute Gasteiger partial charge is 0.573 e. The number of halogens is 7. The Morgan fingerprint density at radius 3 is 1.89 bits per heavy atom. The van der Waals surface area contributed by atoms with Crippen molar-refractivity contribution in [2.45, 2.75) is 134 Å². The molecule has 0 bridgehead atoms. The third-order valence-corrected chi connectivity index (χ3v) is 10.8. The molecule has 244 valence electrons. The van der Waals surface area contributed by atoms with Gasteiger partial charge in [-0.3, -0.25) is 0 Å². The van der Waals surface area contributed by atoms with E-state index in [1.807, 2.05) is 0 Å². The van der Waals surface area contributed by atoms with Gasteiger partial charge < -0.3 is 4.74 Å². The van der Waals surface area contributed by atoms with Crippen molar-refractivity contribution in [3.63, 3.8) is 0 Å². The Morgan fingerprint density at radius 2 is 1.27 bits per heavy atom. The van der Waals surface area contributed by atoms with E-state index < -0.39 is 35.4 Å². The number of hydrogen-bond donors (Lipinski definition) is 0. The summed E-state index contributed by atoms with van der Waals surface area (Å²) in [5.74, 6) is -3.81. The third kappa shape index (κ3) is 8.12. The Balaban J connectivity index is 1.15. The van der Waals surface area contributed by atoms with Crippen LogP contribution in [0, 0.1) is 41.0 Å². The van der Waals surface area contributed by atoms with Crippen LogP contribution in [0.5, 0.6) is 5.75 Å². The van der Waals surface area contributed by atoms with Gasteiger partial charge in [-0.1, -0.05) is 64.7 Å². The van der Waals surface area contributed by atoms with Crippen LogP contribution in [-0.4, -0.2) is 6.36 Å². The number of benzene rings is 2. The van der Waals surface area contributed by atoms with E-state index in [2.05, 4.69) is 11.7 Å². The molecule has 8 heteroatoms. The monoisotopic (exact) mass is 626 g/mol. The Morgan fingerprint density at radius 1 is 0.682 bits per heavy atom. The standard InChI is InChI=1S/C36H45F7O/c1-2-3-4-5-22-6-8-23(9-7-22)10-11-24-12-17-29-28(18-24)21-30(37)33(34(29)40)26-15-13-25(14-16-26)27-19-31(38)35(32(39)20-27)44-36(41,42)43/h19-26H,2-18H2,1H3. The average Bonchev–Trinajstić information content (AvgIpc) is 2.98. The van der Waals surface area contributed by atoms with Crippen LogP contribution in [0.25, 0.3) is 0 Å². The highest BCUT2D eigenvalue weighted by Gasteiger charge is 2.36. The SMILES string of the molecule is CCCCCC1CCC(CCC2CCc3c(cc(F)c(C4CCC(c5cc(F)c(OC(F)(F)F)c(F)c5)CC4)c3F)C2)CC1. The van der Waals surface area contributed by atoms with Crippen molar-refractivity contribution in [3.8, 4) is 5.75 Å². The first-order valence-corrected chi connectivity index (χ1v) is 16.8. The molecule has 0 N–H and O–H groups in total. The molecule has 5 rings (SSSR count). The first-order valence-electron chi connectivity index (χ1n) is 16.8. The molecular formula is C36H45F7O. The Labute approximate surface area is 257 Å². The van der Waals surface area contributed by atoms with Crippen LogP contribution in [-0.2, 0) is 12.8 Å². The lowest BCUT2D eigenvalue weighted by Crippen LogP contribution is -2.21. The van der Waals surface area contributed by atoms with Crippen molar-refractivity contribution in [1.29, 1.82) is 0 Å². The van der Waals surface area contributed by atoms with E-state index in [9.17, 15) is 22.0 Å². The number of rotatable bonds is 10. The maximum absolute atomic E-state index is 15.8. The van der Waals surface area contributed by atoms with Gasteiger partial charge in [0.15, 0.2) is 11.6 Å². The van der Waals surface area contributed by atoms with Gasteiger partial charge in [0.2, 0.25) is 5.75 Å². The molecule has 2 aromatic carbocycles. The van der Waals surface area contributed by atoms with Crippen LogP contribution in [0.3, 0.4) is 0 Å². The smallest absolute Gasteiger partial charge is 0.399 e. The van der Waals surface area contributed by atoms with Crippen LogP contribution in [0.4, 0.5) is 30.7 Å². The van der Waals surface area contributed by atoms with E-state index in [1.54, 1.807) is 0 Å². The van der Waals surface area contributed by atoms with Gasteiger partial charge in [-0.25, -0.2) is 17.6 Å². The summed E-state index contributed by atoms with van der Waals surface area (Å²) in [7, 11) is 0. The molecule has 44 heavy (non-hydrogen) atoms. The minimum atomic E-state index is -5.21. The normalized spacial score (nSPS) is 26.0. The van der Waals surface area contributed by atoms with Gasteiger partial charge in [-0.2, -0.15) is 0 Å². The second-order valence-electron chi connectivity index (χ2n) is 13.7. The first kappa shape index (κ1) is 33.1. The Bertz CT molecular complexity index is 1230. The Hall–Kier alpha value is -2.25. The number of fused-ring (bicyclic) bond motifs is 1. The minimum Gasteiger partial charge on any atom is -0.399 e. The fourth-order valence-corrected chi connectivity index (χ4v) is 8.27. The van der Waals surface area contributed by atoms with Crippen LogP contribution in [0.2, 0.25) is 0 Å². The van der Waals surface area contributed by atoms with Gasteiger partial charge in [-0.05, 0) is 116 Å². The zero-order valence-corrected chi connectivity index (χ0v) is 25.7. The van der Waals surface area contributed by atoms with E-state index >= 15 is 8.78 Å². The molecule has 0 aliphatic heterocycles. The van der Waals surface area contributed by atoms with Crippen molar-refractivity contribution in [2.24, 2.45) is 17.8 Å². The summed E-state index contributed by atoms with van der Waals surface area (Å²) in [6.45, 7) is 2.25. The fourth-order valence-electron chi connectivity index (χ4n) is 8.27. The third-order valence-electron chi connectivity index (χ3n) is 10.8. The molecule has 1 nitrogen and oxygen atoms in total. The molecule has 0 spiro atoms. The maximum Gasteiger partial charge on any atom is 0.573 e. The lowest BCUT2D eigenvalue weighted by atomic mass is 9.73. The highest BCUT2D eigenvalue weighted by atomic mass is 19.4. The van der Waals surface area contributed by atoms with Crippen molar-refractivity contribution >= 4 is 0 Å². The van der Waals surface area contributed by atoms with E-state index in [0.29, 0.717) is 50.0 Å². The first-order chi connectivity index (χ1) is 21.0. The van der Waals surface area contributed by atoms with Crippen LogP contribution >= 0.6 is 0 Å². The molecule has 3 aliphatic rings. The second-order valence-corrected chi connectivity index (χ2v) is 13.7. The van der Waals surface area contributed by atoms with Crippen LogP contribution in [0.15, 0.2) is 18.2 Å². The highest BCUT2D eigenvalue weighted by Crippen LogP contribution is 2.45. The molecule has 2 fully saturated rings. The molecular weight excluding hydrogens is 581 g/mol. The van der Waals surface area contributed by atoms with Gasteiger partial charge in [0.1, 0.15) is 11.6 Å². The lowest BCUT2D eigenvalue weighted by molar-refractivity contribution is -0.276. The van der Waals surface area contributed by atoms with Crippen LogP contribution < -0.4 is 4.74 Å². The zero-order chi connectivity index (χ0) is 31.4. The summed E-state index contributed by atoms with van der Waals surface area (Å²) < 4.78 is 101. The van der Waals surface area contributed by atoms with Crippen molar-refractivity contribution in [1.82, 2.24) is 0 Å². The van der Waals surface area contributed by atoms with Crippen molar-refractivity contribution in [2.75, 3.05) is 0 Å². The molecule has 3 aliphatic carbocycles. The van der Waals surface area contributed by atoms with Gasteiger partial charge in [0, 0.05) is 5.56 Å². The van der Waals surface area contributed by atoms with Crippen molar-refractivity contribution < 1.29 is 35.5 Å². The molecule has 0 aromatic heterocycles. The average molecular weight is 627 g/mol. The quantitative estimate of drug-likeness (QED) is 0.188. The summed E-state index contributed by atoms with van der Waals surface area (Å²) in [5.41, 5.74) is 1.77. The fraction of sp³-hybridized carbons (Fsp3) is 0.667. The van der Waals surface area contributed by atoms with Gasteiger partial charge in [0.25, 0.3) is 0 Å². The van der Waals surface area contributed by atoms with Crippen molar-refractivity contribution in [3.05, 3.63) is 63.7 Å². The lowest BCUT2D eigenvalue weighted by Gasteiger charge is -2.33. The van der Waals surface area contributed by atoms with Gasteiger partial charge in [-0.15, -0.1) is 13.2 Å². The summed E-state index contributed by atoms with van der Waals surface area (Å²) in [6.07, 6.45) is 11.7. The summed E-state index contributed by atoms with van der Waals surface area (Å²) in [4.78, 5) is 0. The maximum atomic E-state index is 15.8. The summed E-state index contributed by atoms with van der Waals surface area (Å²) in [6, 6.07) is 3.27. The van der Waals surface area contributed by atoms with Gasteiger partial charge in [0.05, 0.1) is 0 Å². The molecule has 2 aromatic rings. The van der Waals surface area contributed by atoms with E-state index in [-0.39, 0.29) is 23.0 Å². The predicted molar refractivity (Wildman–Crippen MR) is 158 cm³/mol. The second kappa shape index (κ2) is 14.5. The molecule has 1 atom stereocenters. The van der Waals surface area contributed by atoms with Gasteiger partial charge >= 0.3 is 6.36 Å². The minimum absolute atomic E-state index is 0.114. The molecule has 2 saturated carbocycles. The predicted octanol–water partition coefficient (Wildman–Crippen LogP) is 11.9. The number of ether oxygens (including phenoxy) is 1. The number of unbranched alkanes of at least 4 members (excludes halogenated alkanes) is 2. The van der Waals surface area contributed by atoms with E-state index in [0.717, 1.165) is 42.4 Å². The van der Waals surface area contributed by atoms with E-state index in [1.165, 1.54) is 63.9 Å².